The summed E-state index contributed by atoms with van der Waals surface area (Å²) >= 11 is 0. The zero-order valence-corrected chi connectivity index (χ0v) is 21.3. The normalized spacial score (nSPS) is 13.0. The molecule has 4 rings (SSSR count). The summed E-state index contributed by atoms with van der Waals surface area (Å²) in [6.45, 7) is 10.5. The average molecular weight is 480 g/mol. The van der Waals surface area contributed by atoms with Gasteiger partial charge in [0, 0.05) is 23.1 Å². The minimum Gasteiger partial charge on any atom is -0.495 e. The van der Waals surface area contributed by atoms with Crippen molar-refractivity contribution < 1.29 is 9.47 Å². The van der Waals surface area contributed by atoms with Crippen LogP contribution in [0.5, 0.6) is 5.75 Å². The van der Waals surface area contributed by atoms with Gasteiger partial charge >= 0.3 is 0 Å². The number of anilines is 1. The second-order valence-corrected chi connectivity index (χ2v) is 11.8. The van der Waals surface area contributed by atoms with E-state index in [1.807, 2.05) is 36.5 Å². The van der Waals surface area contributed by atoms with Crippen molar-refractivity contribution >= 4 is 27.3 Å². The Balaban J connectivity index is 1.59. The summed E-state index contributed by atoms with van der Waals surface area (Å²) in [5, 5.41) is 7.00. The number of aromatic nitrogens is 4. The predicted octanol–water partition coefficient (Wildman–Crippen LogP) is 5.25. The minimum atomic E-state index is -0.114. The molecule has 7 nitrogen and oxygen atoms in total. The maximum absolute atomic E-state index is 6.28. The summed E-state index contributed by atoms with van der Waals surface area (Å²) in [6.07, 6.45) is 3.96. The summed E-state index contributed by atoms with van der Waals surface area (Å²) in [5.74, 6) is 1.44. The smallest absolute Gasteiger partial charge is 0.141 e. The molecule has 0 aliphatic heterocycles. The summed E-state index contributed by atoms with van der Waals surface area (Å²) in [7, 11) is 1.60. The molecule has 0 fully saturated rings. The van der Waals surface area contributed by atoms with E-state index in [1.165, 1.54) is 0 Å². The van der Waals surface area contributed by atoms with E-state index in [0.717, 1.165) is 33.2 Å². The third kappa shape index (κ3) is 5.03. The summed E-state index contributed by atoms with van der Waals surface area (Å²) in [5.41, 5.74) is 9.90. The number of hydrogen-bond donors (Lipinski definition) is 1. The molecular formula is C26H33N5O2S. The number of methoxy groups -OCH3 is 1. The van der Waals surface area contributed by atoms with Crippen molar-refractivity contribution in [1.29, 1.82) is 0 Å². The van der Waals surface area contributed by atoms with E-state index in [4.69, 9.17) is 20.3 Å². The maximum atomic E-state index is 6.28. The lowest BCUT2D eigenvalue weighted by molar-refractivity contribution is 0.111. The van der Waals surface area contributed by atoms with Crippen LogP contribution in [0.3, 0.4) is 0 Å². The third-order valence-electron chi connectivity index (χ3n) is 5.56. The number of ether oxygens (including phenoxy) is 2. The van der Waals surface area contributed by atoms with E-state index < -0.39 is 0 Å². The van der Waals surface area contributed by atoms with E-state index in [2.05, 4.69) is 60.8 Å². The van der Waals surface area contributed by atoms with Crippen LogP contribution in [0.1, 0.15) is 33.3 Å². The lowest BCUT2D eigenvalue weighted by atomic mass is 10.2. The van der Waals surface area contributed by atoms with Crippen LogP contribution in [0.4, 0.5) is 5.82 Å². The molecule has 3 aromatic heterocycles. The zero-order chi connectivity index (χ0) is 24.3. The van der Waals surface area contributed by atoms with E-state index >= 15 is 0 Å². The van der Waals surface area contributed by atoms with Gasteiger partial charge in [-0.2, -0.15) is 5.10 Å². The SMILES string of the molecule is C/C=S(/c1cn2c(-c3cc(N)n(CCOCc4ccccc4)n3)cnc2cc1OC)C(C)(C)C. The highest BCUT2D eigenvalue weighted by atomic mass is 32.2. The molecule has 3 heterocycles. The molecule has 0 saturated heterocycles. The first-order chi connectivity index (χ1) is 16.3. The number of nitrogen functional groups attached to an aromatic ring is 1. The number of benzene rings is 1. The number of nitrogens with zero attached hydrogens (tertiary/aromatic N) is 4. The predicted molar refractivity (Wildman–Crippen MR) is 141 cm³/mol. The molecule has 2 N–H and O–H groups in total. The molecule has 34 heavy (non-hydrogen) atoms. The van der Waals surface area contributed by atoms with Gasteiger partial charge in [-0.25, -0.2) is 9.67 Å². The summed E-state index contributed by atoms with van der Waals surface area (Å²) < 4.78 is 15.5. The first-order valence-electron chi connectivity index (χ1n) is 11.3. The fraction of sp³-hybridized carbons (Fsp3) is 0.346. The van der Waals surface area contributed by atoms with Gasteiger partial charge in [0.15, 0.2) is 0 Å². The molecule has 1 unspecified atom stereocenters. The Kier molecular flexibility index (Phi) is 7.09. The van der Waals surface area contributed by atoms with Crippen LogP contribution in [0.2, 0.25) is 0 Å². The van der Waals surface area contributed by atoms with Gasteiger partial charge < -0.3 is 15.2 Å². The molecule has 0 spiro atoms. The van der Waals surface area contributed by atoms with E-state index in [0.29, 0.717) is 25.6 Å². The highest BCUT2D eigenvalue weighted by molar-refractivity contribution is 8.16. The molecule has 0 aliphatic rings. The van der Waals surface area contributed by atoms with Crippen molar-refractivity contribution in [3.63, 3.8) is 0 Å². The van der Waals surface area contributed by atoms with Crippen LogP contribution in [-0.2, 0) is 17.9 Å². The van der Waals surface area contributed by atoms with E-state index in [9.17, 15) is 0 Å². The first-order valence-corrected chi connectivity index (χ1v) is 12.6. The highest BCUT2D eigenvalue weighted by Crippen LogP contribution is 2.44. The zero-order valence-electron chi connectivity index (χ0n) is 20.5. The molecule has 0 saturated carbocycles. The van der Waals surface area contributed by atoms with Crippen LogP contribution >= 0.6 is 10.5 Å². The topological polar surface area (TPSA) is 79.6 Å². The average Bonchev–Trinajstić information content (AvgIpc) is 3.39. The second-order valence-electron chi connectivity index (χ2n) is 8.98. The van der Waals surface area contributed by atoms with Crippen LogP contribution in [0.15, 0.2) is 59.8 Å². The highest BCUT2D eigenvalue weighted by Gasteiger charge is 2.22. The van der Waals surface area contributed by atoms with Crippen molar-refractivity contribution in [2.24, 2.45) is 0 Å². The van der Waals surface area contributed by atoms with Crippen molar-refractivity contribution in [1.82, 2.24) is 19.2 Å². The van der Waals surface area contributed by atoms with E-state index in [1.54, 1.807) is 11.8 Å². The van der Waals surface area contributed by atoms with Crippen molar-refractivity contribution in [3.05, 3.63) is 60.4 Å². The number of imidazole rings is 1. The lowest BCUT2D eigenvalue weighted by Gasteiger charge is -2.26. The number of fused-ring (bicyclic) bond motifs is 1. The van der Waals surface area contributed by atoms with Crippen LogP contribution in [0, 0.1) is 0 Å². The number of rotatable bonds is 8. The number of pyridine rings is 1. The van der Waals surface area contributed by atoms with Gasteiger partial charge in [-0.3, -0.25) is 4.40 Å². The molecule has 4 aromatic rings. The quantitative estimate of drug-likeness (QED) is 0.276. The third-order valence-corrected chi connectivity index (χ3v) is 8.13. The minimum absolute atomic E-state index is 0.0716. The standard InChI is InChI=1S/C26H33N5O2S/c1-6-34(26(2,3)4)23-17-30-21(16-28-25(30)15-22(23)32-5)20-14-24(27)31(29-20)12-13-33-18-19-10-8-7-9-11-19/h6-11,14-17H,12-13,18,27H2,1-5H3. The Morgan fingerprint density at radius 1 is 1.15 bits per heavy atom. The van der Waals surface area contributed by atoms with Gasteiger partial charge in [-0.1, -0.05) is 56.5 Å². The molecular weight excluding hydrogens is 446 g/mol. The number of hydrogen-bond acceptors (Lipinski definition) is 5. The Morgan fingerprint density at radius 3 is 2.59 bits per heavy atom. The van der Waals surface area contributed by atoms with Crippen LogP contribution in [0.25, 0.3) is 17.0 Å². The second kappa shape index (κ2) is 10.0. The van der Waals surface area contributed by atoms with Gasteiger partial charge in [0.05, 0.1) is 43.7 Å². The lowest BCUT2D eigenvalue weighted by Crippen LogP contribution is -2.12. The van der Waals surface area contributed by atoms with Gasteiger partial charge in [0.1, 0.15) is 22.9 Å². The Morgan fingerprint density at radius 2 is 1.91 bits per heavy atom. The molecule has 0 radical (unpaired) electrons. The first kappa shape index (κ1) is 24.0. The molecule has 0 amide bonds. The fourth-order valence-electron chi connectivity index (χ4n) is 3.96. The monoisotopic (exact) mass is 479 g/mol. The van der Waals surface area contributed by atoms with Crippen molar-refractivity contribution in [3.8, 4) is 17.1 Å². The number of nitrogens with two attached hydrogens (primary N) is 1. The fourth-order valence-corrected chi connectivity index (χ4v) is 6.16. The molecule has 180 valence electrons. The maximum Gasteiger partial charge on any atom is 0.141 e. The summed E-state index contributed by atoms with van der Waals surface area (Å²) in [4.78, 5) is 5.75. The van der Waals surface area contributed by atoms with Gasteiger partial charge in [-0.05, 0) is 12.5 Å². The van der Waals surface area contributed by atoms with Gasteiger partial charge in [0.25, 0.3) is 0 Å². The molecule has 1 aromatic carbocycles. The molecule has 1 atom stereocenters. The molecule has 0 bridgehead atoms. The van der Waals surface area contributed by atoms with Crippen LogP contribution in [-0.4, -0.2) is 43.0 Å². The van der Waals surface area contributed by atoms with E-state index in [-0.39, 0.29) is 15.2 Å². The van der Waals surface area contributed by atoms with Gasteiger partial charge in [-0.15, -0.1) is 10.5 Å². The molecule has 0 aliphatic carbocycles. The van der Waals surface area contributed by atoms with Crippen LogP contribution < -0.4 is 10.5 Å². The summed E-state index contributed by atoms with van der Waals surface area (Å²) in [6, 6.07) is 14.0. The largest absolute Gasteiger partial charge is 0.495 e. The Labute approximate surface area is 203 Å². The Bertz CT molecular complexity index is 1300. The Hall–Kier alpha value is -3.10. The molecule has 8 heteroatoms. The van der Waals surface area contributed by atoms with Gasteiger partial charge in [0.2, 0.25) is 0 Å². The van der Waals surface area contributed by atoms with Crippen molar-refractivity contribution in [2.75, 3.05) is 19.5 Å². The van der Waals surface area contributed by atoms with Crippen molar-refractivity contribution in [2.45, 2.75) is 50.5 Å².